The number of carbonyl (C=O) groups excluding carboxylic acids is 1. The van der Waals surface area contributed by atoms with Gasteiger partial charge in [-0.3, -0.25) is 4.79 Å². The van der Waals surface area contributed by atoms with Crippen LogP contribution in [0.25, 0.3) is 0 Å². The third kappa shape index (κ3) is 2.16. The molecule has 0 unspecified atom stereocenters. The zero-order valence-corrected chi connectivity index (χ0v) is 11.4. The summed E-state index contributed by atoms with van der Waals surface area (Å²) in [6.07, 6.45) is 0.887. The van der Waals surface area contributed by atoms with Crippen LogP contribution in [0.4, 0.5) is 4.39 Å². The third-order valence-electron chi connectivity index (χ3n) is 3.61. The van der Waals surface area contributed by atoms with Gasteiger partial charge < -0.3 is 4.90 Å². The molecule has 0 radical (unpaired) electrons. The van der Waals surface area contributed by atoms with Crippen LogP contribution in [0.15, 0.2) is 35.7 Å². The maximum absolute atomic E-state index is 13.2. The maximum Gasteiger partial charge on any atom is 0.254 e. The molecule has 2 heterocycles. The van der Waals surface area contributed by atoms with Gasteiger partial charge in [-0.05, 0) is 48.6 Å². The van der Waals surface area contributed by atoms with Crippen molar-refractivity contribution < 1.29 is 9.18 Å². The molecule has 19 heavy (non-hydrogen) atoms. The fraction of sp³-hybridized carbons (Fsp3) is 0.267. The molecule has 2 aromatic rings. The molecule has 0 aliphatic carbocycles. The van der Waals surface area contributed by atoms with Crippen molar-refractivity contribution >= 4 is 17.2 Å². The highest BCUT2D eigenvalue weighted by Crippen LogP contribution is 2.33. The quantitative estimate of drug-likeness (QED) is 0.778. The first-order chi connectivity index (χ1) is 9.16. The molecule has 1 atom stereocenters. The summed E-state index contributed by atoms with van der Waals surface area (Å²) in [6.45, 7) is 2.73. The molecule has 0 fully saturated rings. The Morgan fingerprint density at radius 2 is 2.26 bits per heavy atom. The van der Waals surface area contributed by atoms with E-state index < -0.39 is 0 Å². The molecule has 0 spiro atoms. The van der Waals surface area contributed by atoms with Crippen LogP contribution in [0.3, 0.4) is 0 Å². The van der Waals surface area contributed by atoms with Crippen LogP contribution in [0.1, 0.15) is 33.8 Å². The Morgan fingerprint density at radius 3 is 3.05 bits per heavy atom. The number of halogens is 1. The smallest absolute Gasteiger partial charge is 0.254 e. The number of amides is 1. The predicted octanol–water partition coefficient (Wildman–Crippen LogP) is 3.65. The lowest BCUT2D eigenvalue weighted by atomic mass is 10.0. The van der Waals surface area contributed by atoms with Gasteiger partial charge in [-0.1, -0.05) is 6.07 Å². The molecule has 1 aliphatic heterocycles. The normalized spacial score (nSPS) is 18.2. The van der Waals surface area contributed by atoms with E-state index in [-0.39, 0.29) is 17.8 Å². The van der Waals surface area contributed by atoms with E-state index in [2.05, 4.69) is 11.4 Å². The standard InChI is InChI=1S/C15H14FNOS/c1-10-13-6-8-19-14(13)5-7-17(10)15(18)11-3-2-4-12(16)9-11/h2-4,6,8-10H,5,7H2,1H3/t10-/m0/s1. The Morgan fingerprint density at radius 1 is 1.42 bits per heavy atom. The van der Waals surface area contributed by atoms with Gasteiger partial charge in [0.2, 0.25) is 0 Å². The van der Waals surface area contributed by atoms with Gasteiger partial charge in [0.15, 0.2) is 0 Å². The van der Waals surface area contributed by atoms with Crippen LogP contribution in [0.5, 0.6) is 0 Å². The highest BCUT2D eigenvalue weighted by atomic mass is 32.1. The van der Waals surface area contributed by atoms with Gasteiger partial charge in [0.1, 0.15) is 5.82 Å². The molecular formula is C15H14FNOS. The van der Waals surface area contributed by atoms with Crippen LogP contribution in [-0.2, 0) is 6.42 Å². The molecule has 1 amide bonds. The average molecular weight is 275 g/mol. The molecule has 0 saturated carbocycles. The van der Waals surface area contributed by atoms with E-state index in [0.29, 0.717) is 12.1 Å². The number of thiophene rings is 1. The van der Waals surface area contributed by atoms with E-state index in [1.54, 1.807) is 23.5 Å². The van der Waals surface area contributed by atoms with Crippen molar-refractivity contribution in [3.05, 3.63) is 57.5 Å². The Kier molecular flexibility index (Phi) is 3.11. The molecule has 0 N–H and O–H groups in total. The van der Waals surface area contributed by atoms with Crippen LogP contribution < -0.4 is 0 Å². The number of rotatable bonds is 1. The van der Waals surface area contributed by atoms with E-state index in [1.807, 2.05) is 11.8 Å². The highest BCUT2D eigenvalue weighted by Gasteiger charge is 2.28. The molecular weight excluding hydrogens is 261 g/mol. The Hall–Kier alpha value is -1.68. The molecule has 4 heteroatoms. The second kappa shape index (κ2) is 4.78. The summed E-state index contributed by atoms with van der Waals surface area (Å²) in [6, 6.07) is 8.04. The zero-order valence-electron chi connectivity index (χ0n) is 10.6. The van der Waals surface area contributed by atoms with E-state index in [1.165, 1.54) is 22.6 Å². The fourth-order valence-electron chi connectivity index (χ4n) is 2.57. The minimum atomic E-state index is -0.369. The molecule has 1 aliphatic rings. The van der Waals surface area contributed by atoms with E-state index in [0.717, 1.165) is 6.42 Å². The molecule has 1 aromatic carbocycles. The van der Waals surface area contributed by atoms with Crippen LogP contribution >= 0.6 is 11.3 Å². The Balaban J connectivity index is 1.90. The predicted molar refractivity (Wildman–Crippen MR) is 73.9 cm³/mol. The number of benzene rings is 1. The van der Waals surface area contributed by atoms with Crippen molar-refractivity contribution in [2.24, 2.45) is 0 Å². The van der Waals surface area contributed by atoms with Gasteiger partial charge in [0.05, 0.1) is 6.04 Å². The molecule has 98 valence electrons. The molecule has 2 nitrogen and oxygen atoms in total. The van der Waals surface area contributed by atoms with Crippen LogP contribution in [0.2, 0.25) is 0 Å². The Labute approximate surface area is 115 Å². The lowest BCUT2D eigenvalue weighted by Crippen LogP contribution is -2.38. The number of carbonyl (C=O) groups is 1. The summed E-state index contributed by atoms with van der Waals surface area (Å²) >= 11 is 1.74. The summed E-state index contributed by atoms with van der Waals surface area (Å²) in [4.78, 5) is 15.6. The van der Waals surface area contributed by atoms with Gasteiger partial charge in [0, 0.05) is 17.0 Å². The van der Waals surface area contributed by atoms with Crippen LogP contribution in [0, 0.1) is 5.82 Å². The lowest BCUT2D eigenvalue weighted by molar-refractivity contribution is 0.0679. The van der Waals surface area contributed by atoms with E-state index in [4.69, 9.17) is 0 Å². The number of hydrogen-bond acceptors (Lipinski definition) is 2. The first-order valence-electron chi connectivity index (χ1n) is 6.29. The van der Waals surface area contributed by atoms with Crippen molar-refractivity contribution in [3.63, 3.8) is 0 Å². The van der Waals surface area contributed by atoms with Gasteiger partial charge >= 0.3 is 0 Å². The van der Waals surface area contributed by atoms with Gasteiger partial charge in [-0.2, -0.15) is 0 Å². The van der Waals surface area contributed by atoms with Gasteiger partial charge in [-0.15, -0.1) is 11.3 Å². The molecule has 3 rings (SSSR count). The highest BCUT2D eigenvalue weighted by molar-refractivity contribution is 7.10. The average Bonchev–Trinajstić information content (AvgIpc) is 2.88. The first-order valence-corrected chi connectivity index (χ1v) is 7.17. The maximum atomic E-state index is 13.2. The number of fused-ring (bicyclic) bond motifs is 1. The molecule has 1 aromatic heterocycles. The summed E-state index contributed by atoms with van der Waals surface area (Å²) in [5, 5.41) is 2.07. The van der Waals surface area contributed by atoms with Crippen molar-refractivity contribution in [2.75, 3.05) is 6.54 Å². The van der Waals surface area contributed by atoms with Crippen molar-refractivity contribution in [3.8, 4) is 0 Å². The third-order valence-corrected chi connectivity index (χ3v) is 4.61. The lowest BCUT2D eigenvalue weighted by Gasteiger charge is -2.33. The minimum absolute atomic E-state index is 0.0609. The number of hydrogen-bond donors (Lipinski definition) is 0. The molecule has 0 saturated heterocycles. The topological polar surface area (TPSA) is 20.3 Å². The van der Waals surface area contributed by atoms with Gasteiger partial charge in [-0.25, -0.2) is 4.39 Å². The van der Waals surface area contributed by atoms with Gasteiger partial charge in [0.25, 0.3) is 5.91 Å². The van der Waals surface area contributed by atoms with E-state index in [9.17, 15) is 9.18 Å². The largest absolute Gasteiger partial charge is 0.331 e. The summed E-state index contributed by atoms with van der Waals surface area (Å²) in [5.41, 5.74) is 1.64. The van der Waals surface area contributed by atoms with Crippen LogP contribution in [-0.4, -0.2) is 17.4 Å². The second-order valence-corrected chi connectivity index (χ2v) is 5.73. The summed E-state index contributed by atoms with van der Waals surface area (Å²) in [7, 11) is 0. The first kappa shape index (κ1) is 12.4. The number of nitrogens with zero attached hydrogens (tertiary/aromatic N) is 1. The molecule has 0 bridgehead atoms. The van der Waals surface area contributed by atoms with Crippen molar-refractivity contribution in [1.82, 2.24) is 4.90 Å². The van der Waals surface area contributed by atoms with Crippen molar-refractivity contribution in [2.45, 2.75) is 19.4 Å². The fourth-order valence-corrected chi connectivity index (χ4v) is 3.54. The second-order valence-electron chi connectivity index (χ2n) is 4.73. The Bertz CT molecular complexity index is 622. The van der Waals surface area contributed by atoms with Crippen molar-refractivity contribution in [1.29, 1.82) is 0 Å². The summed E-state index contributed by atoms with van der Waals surface area (Å²) in [5.74, 6) is -0.462. The SMILES string of the molecule is C[C@H]1c2ccsc2CCN1C(=O)c1cccc(F)c1. The minimum Gasteiger partial charge on any atom is -0.331 e. The summed E-state index contributed by atoms with van der Waals surface area (Å²) < 4.78 is 13.2. The monoisotopic (exact) mass is 275 g/mol. The zero-order chi connectivity index (χ0) is 13.4. The van der Waals surface area contributed by atoms with E-state index >= 15 is 0 Å².